The number of aryl methyl sites for hydroxylation is 1. The van der Waals surface area contributed by atoms with Crippen LogP contribution in [-0.2, 0) is 24.2 Å². The highest BCUT2D eigenvalue weighted by Gasteiger charge is 2.12. The third-order valence-electron chi connectivity index (χ3n) is 7.59. The predicted molar refractivity (Wildman–Crippen MR) is 164 cm³/mol. The molecule has 0 spiro atoms. The Kier molecular flexibility index (Phi) is 11.1. The number of para-hydroxylation sites is 2. The molecule has 3 aromatic carbocycles. The molecule has 0 saturated carbocycles. The van der Waals surface area contributed by atoms with Crippen LogP contribution in [0.3, 0.4) is 0 Å². The Hall–Kier alpha value is -4.00. The first-order valence-corrected chi connectivity index (χ1v) is 14.7. The number of ether oxygens (including phenoxy) is 3. The summed E-state index contributed by atoms with van der Waals surface area (Å²) in [4.78, 5) is 17.3. The van der Waals surface area contributed by atoms with Crippen molar-refractivity contribution in [2.75, 3.05) is 27.4 Å². The van der Waals surface area contributed by atoms with Crippen LogP contribution >= 0.6 is 0 Å². The molecule has 0 bridgehead atoms. The number of methoxy groups -OCH3 is 2. The molecule has 1 aromatic heterocycles. The van der Waals surface area contributed by atoms with Gasteiger partial charge >= 0.3 is 0 Å². The van der Waals surface area contributed by atoms with Gasteiger partial charge in [-0.05, 0) is 72.7 Å². The van der Waals surface area contributed by atoms with E-state index in [4.69, 9.17) is 19.2 Å². The van der Waals surface area contributed by atoms with Gasteiger partial charge in [-0.25, -0.2) is 4.98 Å². The van der Waals surface area contributed by atoms with E-state index in [1.165, 1.54) is 5.56 Å². The van der Waals surface area contributed by atoms with Crippen molar-refractivity contribution in [3.8, 4) is 17.2 Å². The Morgan fingerprint density at radius 1 is 0.951 bits per heavy atom. The lowest BCUT2D eigenvalue weighted by atomic mass is 9.99. The van der Waals surface area contributed by atoms with E-state index in [1.54, 1.807) is 14.2 Å². The first-order chi connectivity index (χ1) is 20.0. The number of fused-ring (bicyclic) bond motifs is 1. The summed E-state index contributed by atoms with van der Waals surface area (Å²) in [5.74, 6) is 3.84. The van der Waals surface area contributed by atoms with Crippen LogP contribution in [0.5, 0.6) is 17.2 Å². The highest BCUT2D eigenvalue weighted by molar-refractivity contribution is 5.78. The van der Waals surface area contributed by atoms with Crippen LogP contribution < -0.4 is 19.5 Å². The van der Waals surface area contributed by atoms with Crippen molar-refractivity contribution >= 4 is 16.9 Å². The standard InChI is InChI=1S/C34H43N3O4/c1-5-25(2)27-15-17-28(18-16-27)41-22-21-37-30-12-9-8-11-29(30)36-33(37)13-7-6-10-20-35-34(38)24-26-14-19-31(39-3)32(23-26)40-4/h8-9,11-12,14-19,23,25H,5-7,10,13,20-22,24H2,1-4H3,(H,35,38). The number of unbranched alkanes of at least 4 members (excludes halogenated alkanes) is 2. The first kappa shape index (κ1) is 30.0. The lowest BCUT2D eigenvalue weighted by molar-refractivity contribution is -0.120. The molecule has 0 aliphatic carbocycles. The van der Waals surface area contributed by atoms with Crippen LogP contribution in [0.25, 0.3) is 11.0 Å². The second-order valence-electron chi connectivity index (χ2n) is 10.4. The van der Waals surface area contributed by atoms with E-state index in [-0.39, 0.29) is 5.91 Å². The fourth-order valence-corrected chi connectivity index (χ4v) is 5.00. The maximum Gasteiger partial charge on any atom is 0.224 e. The Morgan fingerprint density at radius 2 is 1.73 bits per heavy atom. The lowest BCUT2D eigenvalue weighted by Gasteiger charge is -2.13. The summed E-state index contributed by atoms with van der Waals surface area (Å²) in [5, 5.41) is 3.04. The molecule has 0 aliphatic rings. The van der Waals surface area contributed by atoms with Gasteiger partial charge in [-0.2, -0.15) is 0 Å². The van der Waals surface area contributed by atoms with Gasteiger partial charge in [-0.3, -0.25) is 4.79 Å². The molecule has 218 valence electrons. The van der Waals surface area contributed by atoms with Crippen LogP contribution in [0, 0.1) is 0 Å². The summed E-state index contributed by atoms with van der Waals surface area (Å²) < 4.78 is 19.0. The number of benzene rings is 3. The van der Waals surface area contributed by atoms with Crippen molar-refractivity contribution in [3.63, 3.8) is 0 Å². The normalized spacial score (nSPS) is 11.8. The Balaban J connectivity index is 1.22. The van der Waals surface area contributed by atoms with Gasteiger partial charge in [0.25, 0.3) is 0 Å². The van der Waals surface area contributed by atoms with Crippen LogP contribution in [-0.4, -0.2) is 42.8 Å². The summed E-state index contributed by atoms with van der Waals surface area (Å²) in [5.41, 5.74) is 4.40. The number of rotatable bonds is 16. The number of carbonyl (C=O) groups excluding carboxylic acids is 1. The van der Waals surface area contributed by atoms with E-state index in [1.807, 2.05) is 24.3 Å². The second kappa shape index (κ2) is 15.1. The minimum atomic E-state index is 0.00790. The molecule has 7 nitrogen and oxygen atoms in total. The number of hydrogen-bond acceptors (Lipinski definition) is 5. The third kappa shape index (κ3) is 8.26. The Morgan fingerprint density at radius 3 is 2.49 bits per heavy atom. The number of imidazole rings is 1. The van der Waals surface area contributed by atoms with Crippen molar-refractivity contribution in [2.45, 2.75) is 64.8 Å². The van der Waals surface area contributed by atoms with Crippen LogP contribution in [0.15, 0.2) is 66.7 Å². The topological polar surface area (TPSA) is 74.6 Å². The largest absolute Gasteiger partial charge is 0.493 e. The average molecular weight is 558 g/mol. The lowest BCUT2D eigenvalue weighted by Crippen LogP contribution is -2.26. The summed E-state index contributed by atoms with van der Waals surface area (Å²) >= 11 is 0. The minimum absolute atomic E-state index is 0.00790. The highest BCUT2D eigenvalue weighted by atomic mass is 16.5. The van der Waals surface area contributed by atoms with E-state index in [0.29, 0.717) is 37.0 Å². The molecule has 41 heavy (non-hydrogen) atoms. The fraction of sp³-hybridized carbons (Fsp3) is 0.412. The van der Waals surface area contributed by atoms with E-state index >= 15 is 0 Å². The van der Waals surface area contributed by atoms with Crippen LogP contribution in [0.2, 0.25) is 0 Å². The molecule has 4 rings (SSSR count). The Bertz CT molecular complexity index is 1400. The maximum absolute atomic E-state index is 12.4. The maximum atomic E-state index is 12.4. The molecule has 1 heterocycles. The summed E-state index contributed by atoms with van der Waals surface area (Å²) in [6.45, 7) is 6.45. The molecule has 0 radical (unpaired) electrons. The molecule has 0 fully saturated rings. The van der Waals surface area contributed by atoms with Crippen molar-refractivity contribution in [1.82, 2.24) is 14.9 Å². The summed E-state index contributed by atoms with van der Waals surface area (Å²) in [7, 11) is 3.20. The molecule has 1 atom stereocenters. The zero-order valence-electron chi connectivity index (χ0n) is 24.8. The zero-order chi connectivity index (χ0) is 29.0. The van der Waals surface area contributed by atoms with Crippen molar-refractivity contribution < 1.29 is 19.0 Å². The van der Waals surface area contributed by atoms with Gasteiger partial charge in [0.05, 0.1) is 38.2 Å². The van der Waals surface area contributed by atoms with Gasteiger partial charge in [0.15, 0.2) is 11.5 Å². The molecule has 4 aromatic rings. The molecule has 0 saturated heterocycles. The third-order valence-corrected chi connectivity index (χ3v) is 7.59. The quantitative estimate of drug-likeness (QED) is 0.155. The molecule has 7 heteroatoms. The van der Waals surface area contributed by atoms with E-state index < -0.39 is 0 Å². The molecule has 1 N–H and O–H groups in total. The highest BCUT2D eigenvalue weighted by Crippen LogP contribution is 2.27. The van der Waals surface area contributed by atoms with Gasteiger partial charge in [0, 0.05) is 13.0 Å². The van der Waals surface area contributed by atoms with E-state index in [2.05, 4.69) is 66.2 Å². The van der Waals surface area contributed by atoms with Gasteiger partial charge < -0.3 is 24.1 Å². The number of aromatic nitrogens is 2. The number of hydrogen-bond donors (Lipinski definition) is 1. The van der Waals surface area contributed by atoms with E-state index in [0.717, 1.165) is 66.8 Å². The van der Waals surface area contributed by atoms with Crippen LogP contribution in [0.4, 0.5) is 0 Å². The predicted octanol–water partition coefficient (Wildman–Crippen LogP) is 6.72. The minimum Gasteiger partial charge on any atom is -0.493 e. The van der Waals surface area contributed by atoms with Crippen molar-refractivity contribution in [1.29, 1.82) is 0 Å². The number of nitrogens with zero attached hydrogens (tertiary/aromatic N) is 2. The number of nitrogens with one attached hydrogen (secondary N) is 1. The first-order valence-electron chi connectivity index (χ1n) is 14.7. The summed E-state index contributed by atoms with van der Waals surface area (Å²) in [6.07, 6.45) is 5.28. The summed E-state index contributed by atoms with van der Waals surface area (Å²) in [6, 6.07) is 22.3. The van der Waals surface area contributed by atoms with Gasteiger partial charge in [-0.15, -0.1) is 0 Å². The van der Waals surface area contributed by atoms with Crippen LogP contribution in [0.1, 0.15) is 62.4 Å². The number of amides is 1. The van der Waals surface area contributed by atoms with Gasteiger partial charge in [0.2, 0.25) is 5.91 Å². The smallest absolute Gasteiger partial charge is 0.224 e. The SMILES string of the molecule is CCC(C)c1ccc(OCCn2c(CCCCCNC(=O)Cc3ccc(OC)c(OC)c3)nc3ccccc32)cc1. The average Bonchev–Trinajstić information content (AvgIpc) is 3.35. The van der Waals surface area contributed by atoms with Crippen molar-refractivity contribution in [3.05, 3.63) is 83.7 Å². The van der Waals surface area contributed by atoms with Gasteiger partial charge in [-0.1, -0.05) is 50.6 Å². The monoisotopic (exact) mass is 557 g/mol. The molecular formula is C34H43N3O4. The zero-order valence-corrected chi connectivity index (χ0v) is 24.8. The number of carbonyl (C=O) groups is 1. The molecule has 0 aliphatic heterocycles. The Labute approximate surface area is 243 Å². The van der Waals surface area contributed by atoms with Crippen molar-refractivity contribution in [2.24, 2.45) is 0 Å². The fourth-order valence-electron chi connectivity index (χ4n) is 5.00. The molecule has 1 unspecified atom stereocenters. The van der Waals surface area contributed by atoms with Gasteiger partial charge in [0.1, 0.15) is 18.2 Å². The molecular weight excluding hydrogens is 514 g/mol. The molecule has 1 amide bonds. The second-order valence-corrected chi connectivity index (χ2v) is 10.4. The van der Waals surface area contributed by atoms with E-state index in [9.17, 15) is 4.79 Å².